The first-order valence-electron chi connectivity index (χ1n) is 11.6. The Balaban J connectivity index is 1.79. The van der Waals surface area contributed by atoms with Crippen LogP contribution in [0.25, 0.3) is 0 Å². The van der Waals surface area contributed by atoms with E-state index in [4.69, 9.17) is 13.7 Å². The molecule has 0 spiro atoms. The van der Waals surface area contributed by atoms with Crippen molar-refractivity contribution in [3.8, 4) is 17.2 Å². The summed E-state index contributed by atoms with van der Waals surface area (Å²) < 4.78 is 79.7. The lowest BCUT2D eigenvalue weighted by molar-refractivity contribution is -0.137. The third kappa shape index (κ3) is 7.18. The Bertz CT molecular complexity index is 1370. The number of benzene rings is 3. The Morgan fingerprint density at radius 2 is 1.58 bits per heavy atom. The van der Waals surface area contributed by atoms with Crippen LogP contribution in [0.5, 0.6) is 17.2 Å². The summed E-state index contributed by atoms with van der Waals surface area (Å²) in [7, 11) is -1.52. The van der Waals surface area contributed by atoms with Crippen molar-refractivity contribution in [3.63, 3.8) is 0 Å². The number of methoxy groups -OCH3 is 2. The van der Waals surface area contributed by atoms with Crippen molar-refractivity contribution in [2.75, 3.05) is 20.8 Å². The van der Waals surface area contributed by atoms with Crippen LogP contribution >= 0.6 is 0 Å². The van der Waals surface area contributed by atoms with E-state index in [9.17, 15) is 26.4 Å². The fourth-order valence-corrected chi connectivity index (χ4v) is 4.66. The van der Waals surface area contributed by atoms with E-state index < -0.39 is 26.8 Å². The van der Waals surface area contributed by atoms with E-state index in [2.05, 4.69) is 0 Å². The predicted molar refractivity (Wildman–Crippen MR) is 135 cm³/mol. The number of nitrogens with zero attached hydrogens (tertiary/aromatic N) is 1. The Hall–Kier alpha value is -3.73. The molecule has 1 amide bonds. The molecule has 0 bridgehead atoms. The van der Waals surface area contributed by atoms with Crippen molar-refractivity contribution in [3.05, 3.63) is 83.4 Å². The van der Waals surface area contributed by atoms with Crippen LogP contribution in [-0.2, 0) is 22.8 Å². The Kier molecular flexibility index (Phi) is 8.93. The quantitative estimate of drug-likeness (QED) is 0.297. The van der Waals surface area contributed by atoms with E-state index >= 15 is 0 Å². The summed E-state index contributed by atoms with van der Waals surface area (Å²) >= 11 is 0. The molecule has 3 aromatic rings. The van der Waals surface area contributed by atoms with E-state index in [0.29, 0.717) is 35.2 Å². The summed E-state index contributed by atoms with van der Waals surface area (Å²) in [4.78, 5) is 14.4. The molecule has 3 aromatic carbocycles. The molecule has 11 heteroatoms. The van der Waals surface area contributed by atoms with Gasteiger partial charge in [-0.05, 0) is 53.9 Å². The van der Waals surface area contributed by atoms with Gasteiger partial charge in [0, 0.05) is 19.2 Å². The van der Waals surface area contributed by atoms with Gasteiger partial charge in [-0.1, -0.05) is 32.0 Å². The third-order valence-electron chi connectivity index (χ3n) is 5.46. The molecule has 0 radical (unpaired) electrons. The van der Waals surface area contributed by atoms with Crippen molar-refractivity contribution in [2.45, 2.75) is 31.5 Å². The Morgan fingerprint density at radius 1 is 0.921 bits per heavy atom. The van der Waals surface area contributed by atoms with E-state index in [1.54, 1.807) is 35.2 Å². The number of ether oxygens (including phenoxy) is 2. The number of carbonyl (C=O) groups excluding carboxylic acids is 1. The molecule has 0 atom stereocenters. The second kappa shape index (κ2) is 11.8. The van der Waals surface area contributed by atoms with Gasteiger partial charge in [0.1, 0.15) is 22.1 Å². The van der Waals surface area contributed by atoms with Gasteiger partial charge in [-0.15, -0.1) is 0 Å². The second-order valence-electron chi connectivity index (χ2n) is 8.85. The van der Waals surface area contributed by atoms with Gasteiger partial charge >= 0.3 is 16.3 Å². The standard InChI is InChI=1S/C27H28F3NO6S/c1-18(2)16-31(26(32)24-13-12-22(35-3)15-25(24)36-4)17-19-8-10-21(11-9-19)37-38(33,34)23-7-5-6-20(14-23)27(28,29)30/h5-15,18H,16-17H2,1-4H3. The smallest absolute Gasteiger partial charge is 0.416 e. The van der Waals surface area contributed by atoms with Crippen LogP contribution in [0.15, 0.2) is 71.6 Å². The van der Waals surface area contributed by atoms with Crippen LogP contribution in [0.1, 0.15) is 35.3 Å². The second-order valence-corrected chi connectivity index (χ2v) is 10.4. The molecular formula is C27H28F3NO6S. The molecule has 7 nitrogen and oxygen atoms in total. The van der Waals surface area contributed by atoms with Crippen molar-refractivity contribution >= 4 is 16.0 Å². The maximum atomic E-state index is 13.4. The maximum absolute atomic E-state index is 13.4. The fraction of sp³-hybridized carbons (Fsp3) is 0.296. The highest BCUT2D eigenvalue weighted by molar-refractivity contribution is 7.87. The lowest BCUT2D eigenvalue weighted by atomic mass is 10.1. The first-order valence-corrected chi connectivity index (χ1v) is 13.0. The average molecular weight is 552 g/mol. The molecular weight excluding hydrogens is 523 g/mol. The number of carbonyl (C=O) groups is 1. The third-order valence-corrected chi connectivity index (χ3v) is 6.71. The molecule has 0 fully saturated rings. The largest absolute Gasteiger partial charge is 0.497 e. The van der Waals surface area contributed by atoms with Crippen molar-refractivity contribution in [1.82, 2.24) is 4.90 Å². The predicted octanol–water partition coefficient (Wildman–Crippen LogP) is 5.79. The minimum atomic E-state index is -4.69. The minimum Gasteiger partial charge on any atom is -0.497 e. The summed E-state index contributed by atoms with van der Waals surface area (Å²) in [5.41, 5.74) is -0.0442. The number of hydrogen-bond acceptors (Lipinski definition) is 6. The van der Waals surface area contributed by atoms with Gasteiger partial charge in [0.05, 0.1) is 25.3 Å². The fourth-order valence-electron chi connectivity index (χ4n) is 3.68. The van der Waals surface area contributed by atoms with Gasteiger partial charge < -0.3 is 18.6 Å². The monoisotopic (exact) mass is 551 g/mol. The summed E-state index contributed by atoms with van der Waals surface area (Å²) in [5.74, 6) is 0.731. The lowest BCUT2D eigenvalue weighted by Crippen LogP contribution is -2.34. The van der Waals surface area contributed by atoms with Gasteiger partial charge in [0.2, 0.25) is 0 Å². The topological polar surface area (TPSA) is 82.1 Å². The molecule has 0 aliphatic carbocycles. The SMILES string of the molecule is COc1ccc(C(=O)N(Cc2ccc(OS(=O)(=O)c3cccc(C(F)(F)F)c3)cc2)CC(C)C)c(OC)c1. The molecule has 0 aliphatic heterocycles. The molecule has 0 saturated carbocycles. The summed E-state index contributed by atoms with van der Waals surface area (Å²) in [6.07, 6.45) is -4.69. The van der Waals surface area contributed by atoms with E-state index in [1.807, 2.05) is 13.8 Å². The highest BCUT2D eigenvalue weighted by Crippen LogP contribution is 2.31. The number of amides is 1. The van der Waals surface area contributed by atoms with Crippen molar-refractivity contribution < 1.29 is 40.0 Å². The maximum Gasteiger partial charge on any atom is 0.416 e. The molecule has 0 aromatic heterocycles. The average Bonchev–Trinajstić information content (AvgIpc) is 2.87. The normalized spacial score (nSPS) is 11.8. The number of halogens is 3. The van der Waals surface area contributed by atoms with E-state index in [-0.39, 0.29) is 24.1 Å². The number of rotatable bonds is 10. The number of alkyl halides is 3. The van der Waals surface area contributed by atoms with Crippen LogP contribution in [0.4, 0.5) is 13.2 Å². The molecule has 0 heterocycles. The van der Waals surface area contributed by atoms with Crippen molar-refractivity contribution in [1.29, 1.82) is 0 Å². The first-order chi connectivity index (χ1) is 17.8. The molecule has 0 aliphatic rings. The summed E-state index contributed by atoms with van der Waals surface area (Å²) in [5, 5.41) is 0. The summed E-state index contributed by atoms with van der Waals surface area (Å²) in [6.45, 7) is 4.60. The number of hydrogen-bond donors (Lipinski definition) is 0. The van der Waals surface area contributed by atoms with E-state index in [1.165, 1.54) is 26.4 Å². The zero-order valence-electron chi connectivity index (χ0n) is 21.3. The van der Waals surface area contributed by atoms with Crippen LogP contribution in [0.2, 0.25) is 0 Å². The van der Waals surface area contributed by atoms with Crippen molar-refractivity contribution in [2.24, 2.45) is 5.92 Å². The molecule has 204 valence electrons. The lowest BCUT2D eigenvalue weighted by Gasteiger charge is -2.26. The minimum absolute atomic E-state index is 0.0790. The molecule has 0 unspecified atom stereocenters. The Labute approximate surface area is 219 Å². The van der Waals surface area contributed by atoms with Gasteiger partial charge in [-0.2, -0.15) is 21.6 Å². The first kappa shape index (κ1) is 28.8. The zero-order chi connectivity index (χ0) is 28.1. The Morgan fingerprint density at radius 3 is 2.16 bits per heavy atom. The summed E-state index contributed by atoms with van der Waals surface area (Å²) in [6, 6.07) is 14.2. The highest BCUT2D eigenvalue weighted by Gasteiger charge is 2.32. The van der Waals surface area contributed by atoms with Crippen LogP contribution in [-0.4, -0.2) is 40.0 Å². The zero-order valence-corrected chi connectivity index (χ0v) is 22.1. The molecule has 0 N–H and O–H groups in total. The van der Waals surface area contributed by atoms with Crippen LogP contribution in [0.3, 0.4) is 0 Å². The highest BCUT2D eigenvalue weighted by atomic mass is 32.2. The van der Waals surface area contributed by atoms with Crippen LogP contribution < -0.4 is 13.7 Å². The van der Waals surface area contributed by atoms with Gasteiger partial charge in [0.25, 0.3) is 5.91 Å². The van der Waals surface area contributed by atoms with Gasteiger partial charge in [0.15, 0.2) is 0 Å². The van der Waals surface area contributed by atoms with Gasteiger partial charge in [-0.3, -0.25) is 4.79 Å². The van der Waals surface area contributed by atoms with E-state index in [0.717, 1.165) is 18.2 Å². The van der Waals surface area contributed by atoms with Gasteiger partial charge in [-0.25, -0.2) is 0 Å². The van der Waals surface area contributed by atoms with Crippen LogP contribution in [0, 0.1) is 5.92 Å². The molecule has 0 saturated heterocycles. The molecule has 38 heavy (non-hydrogen) atoms. The molecule has 3 rings (SSSR count).